The van der Waals surface area contributed by atoms with Crippen molar-refractivity contribution in [2.75, 3.05) is 0 Å². The largest absolute Gasteiger partial charge is 0.508 e. The quantitative estimate of drug-likeness (QED) is 0.525. The number of hydrogen-bond acceptors (Lipinski definition) is 6. The monoisotopic (exact) mass is 250 g/mol. The van der Waals surface area contributed by atoms with E-state index in [4.69, 9.17) is 0 Å². The second kappa shape index (κ2) is 8.56. The standard InChI is InChI=1S/C7H8O6P2/c8-7-3-1-2-5-9-10-11-12-13-15-14-6-4-7/h2-6,8H,1H2/b5-2-,6-4-,7-3+. The molecule has 0 unspecified atom stereocenters. The average molecular weight is 250 g/mol. The lowest BCUT2D eigenvalue weighted by Crippen LogP contribution is -1.91. The Bertz CT molecular complexity index is 285. The first-order chi connectivity index (χ1) is 7.39. The molecule has 1 aliphatic heterocycles. The van der Waals surface area contributed by atoms with E-state index in [1.807, 2.05) is 0 Å². The highest BCUT2D eigenvalue weighted by molar-refractivity contribution is 7.82. The molecule has 0 aliphatic carbocycles. The molecule has 0 atom stereocenters. The van der Waals surface area contributed by atoms with Crippen molar-refractivity contribution in [1.82, 2.24) is 0 Å². The van der Waals surface area contributed by atoms with Crippen LogP contribution in [0.3, 0.4) is 0 Å². The Labute approximate surface area is 88.9 Å². The van der Waals surface area contributed by atoms with Crippen LogP contribution in [0.5, 0.6) is 0 Å². The molecule has 6 nitrogen and oxygen atoms in total. The topological polar surface area (TPSA) is 66.4 Å². The van der Waals surface area contributed by atoms with Crippen LogP contribution in [0.2, 0.25) is 0 Å². The van der Waals surface area contributed by atoms with E-state index in [0.717, 1.165) is 7.87 Å². The SMILES string of the molecule is OC1=C/C/C=C\OOOOOP=P/C=C\1. The van der Waals surface area contributed by atoms with Gasteiger partial charge in [-0.1, -0.05) is 0 Å². The summed E-state index contributed by atoms with van der Waals surface area (Å²) in [5.74, 6) is 1.86. The molecule has 0 radical (unpaired) electrons. The molecule has 1 aliphatic rings. The molecule has 0 aromatic heterocycles. The van der Waals surface area contributed by atoms with E-state index in [1.165, 1.54) is 6.26 Å². The Morgan fingerprint density at radius 3 is 3.13 bits per heavy atom. The molecular weight excluding hydrogens is 242 g/mol. The summed E-state index contributed by atoms with van der Waals surface area (Å²) in [6.45, 7) is 0. The van der Waals surface area contributed by atoms with Crippen molar-refractivity contribution < 1.29 is 29.8 Å². The van der Waals surface area contributed by atoms with Crippen LogP contribution in [0, 0.1) is 0 Å². The van der Waals surface area contributed by atoms with Crippen LogP contribution in [0.15, 0.2) is 36.1 Å². The van der Waals surface area contributed by atoms with Gasteiger partial charge in [0.25, 0.3) is 0 Å². The van der Waals surface area contributed by atoms with E-state index in [0.29, 0.717) is 14.5 Å². The fraction of sp³-hybridized carbons (Fsp3) is 0.143. The van der Waals surface area contributed by atoms with Crippen molar-refractivity contribution in [1.29, 1.82) is 0 Å². The van der Waals surface area contributed by atoms with E-state index >= 15 is 0 Å². The molecule has 1 N–H and O–H groups in total. The molecule has 1 heterocycles. The molecule has 0 amide bonds. The molecule has 0 spiro atoms. The summed E-state index contributed by atoms with van der Waals surface area (Å²) in [5, 5.41) is 21.4. The number of rotatable bonds is 0. The minimum absolute atomic E-state index is 0.164. The fourth-order valence-electron chi connectivity index (χ4n) is 0.584. The van der Waals surface area contributed by atoms with E-state index in [9.17, 15) is 5.11 Å². The second-order valence-corrected chi connectivity index (χ2v) is 4.15. The van der Waals surface area contributed by atoms with Gasteiger partial charge in [-0.15, -0.1) is 4.67 Å². The van der Waals surface area contributed by atoms with Crippen LogP contribution in [0.1, 0.15) is 6.42 Å². The zero-order chi connectivity index (χ0) is 10.8. The van der Waals surface area contributed by atoms with E-state index in [1.54, 1.807) is 24.0 Å². The van der Waals surface area contributed by atoms with Gasteiger partial charge in [0.05, 0.1) is 0 Å². The van der Waals surface area contributed by atoms with Crippen LogP contribution in [-0.2, 0) is 24.7 Å². The smallest absolute Gasteiger partial charge is 0.134 e. The lowest BCUT2D eigenvalue weighted by Gasteiger charge is -1.95. The van der Waals surface area contributed by atoms with Crippen molar-refractivity contribution in [2.45, 2.75) is 6.42 Å². The molecule has 0 aromatic carbocycles. The molecular formula is C7H8O6P2. The van der Waals surface area contributed by atoms with Crippen LogP contribution >= 0.6 is 16.0 Å². The summed E-state index contributed by atoms with van der Waals surface area (Å²) in [7, 11) is 1.24. The van der Waals surface area contributed by atoms with Crippen LogP contribution in [-0.4, -0.2) is 5.11 Å². The fourth-order valence-corrected chi connectivity index (χ4v) is 1.51. The number of aliphatic hydroxyl groups excluding tert-OH is 1. The van der Waals surface area contributed by atoms with Gasteiger partial charge in [0, 0.05) is 10.1 Å². The van der Waals surface area contributed by atoms with Crippen molar-refractivity contribution in [3.05, 3.63) is 36.1 Å². The van der Waals surface area contributed by atoms with Crippen molar-refractivity contribution in [2.24, 2.45) is 0 Å². The maximum Gasteiger partial charge on any atom is 0.134 e. The molecule has 0 aromatic rings. The van der Waals surface area contributed by atoms with E-state index in [2.05, 4.69) is 24.7 Å². The Balaban J connectivity index is 2.48. The maximum atomic E-state index is 9.28. The van der Waals surface area contributed by atoms with E-state index < -0.39 is 0 Å². The lowest BCUT2D eigenvalue weighted by atomic mass is 10.3. The zero-order valence-corrected chi connectivity index (χ0v) is 9.27. The molecule has 8 heteroatoms. The predicted molar refractivity (Wildman–Crippen MR) is 52.9 cm³/mol. The maximum absolute atomic E-state index is 9.28. The summed E-state index contributed by atoms with van der Waals surface area (Å²) >= 11 is 0. The first kappa shape index (κ1) is 12.3. The highest BCUT2D eigenvalue weighted by Gasteiger charge is 1.88. The highest BCUT2D eigenvalue weighted by atomic mass is 31.7. The zero-order valence-electron chi connectivity index (χ0n) is 7.48. The van der Waals surface area contributed by atoms with Crippen molar-refractivity contribution >= 4 is 16.0 Å². The van der Waals surface area contributed by atoms with Gasteiger partial charge in [0.15, 0.2) is 0 Å². The average Bonchev–Trinajstić information content (AvgIpc) is 2.24. The number of hydrogen-bond donors (Lipinski definition) is 1. The first-order valence-electron chi connectivity index (χ1n) is 3.83. The van der Waals surface area contributed by atoms with Crippen molar-refractivity contribution in [3.8, 4) is 0 Å². The Hall–Kier alpha value is -0.740. The van der Waals surface area contributed by atoms with Gasteiger partial charge in [0.1, 0.15) is 20.1 Å². The normalized spacial score (nSPS) is 28.9. The molecule has 82 valence electrons. The molecule has 15 heavy (non-hydrogen) atoms. The Kier molecular flexibility index (Phi) is 7.04. The Morgan fingerprint density at radius 2 is 2.20 bits per heavy atom. The number of aliphatic hydroxyl groups is 1. The summed E-state index contributed by atoms with van der Waals surface area (Å²) < 4.78 is 4.47. The second-order valence-electron chi connectivity index (χ2n) is 2.12. The summed E-state index contributed by atoms with van der Waals surface area (Å²) in [5.41, 5.74) is 0. The third kappa shape index (κ3) is 7.22. The number of allylic oxidation sites excluding steroid dienone is 3. The molecule has 1 rings (SSSR count). The molecule has 0 saturated heterocycles. The van der Waals surface area contributed by atoms with Gasteiger partial charge in [-0.05, 0) is 43.4 Å². The van der Waals surface area contributed by atoms with Crippen LogP contribution < -0.4 is 0 Å². The van der Waals surface area contributed by atoms with Gasteiger partial charge in [-0.25, -0.2) is 0 Å². The van der Waals surface area contributed by atoms with Gasteiger partial charge in [0.2, 0.25) is 0 Å². The van der Waals surface area contributed by atoms with Crippen molar-refractivity contribution in [3.63, 3.8) is 0 Å². The van der Waals surface area contributed by atoms with Gasteiger partial charge in [-0.2, -0.15) is 0 Å². The van der Waals surface area contributed by atoms with Crippen LogP contribution in [0.4, 0.5) is 0 Å². The third-order valence-electron chi connectivity index (χ3n) is 1.13. The first-order valence-corrected chi connectivity index (χ1v) is 6.31. The van der Waals surface area contributed by atoms with Gasteiger partial charge >= 0.3 is 0 Å². The summed E-state index contributed by atoms with van der Waals surface area (Å²) in [6.07, 6.45) is 6.50. The van der Waals surface area contributed by atoms with Gasteiger partial charge < -0.3 is 9.99 Å². The Morgan fingerprint density at radius 1 is 1.27 bits per heavy atom. The van der Waals surface area contributed by atoms with Gasteiger partial charge in [-0.3, -0.25) is 0 Å². The third-order valence-corrected chi connectivity index (χ3v) is 2.52. The molecule has 0 saturated carbocycles. The van der Waals surface area contributed by atoms with Crippen LogP contribution in [0.25, 0.3) is 0 Å². The minimum atomic E-state index is 0.164. The predicted octanol–water partition coefficient (Wildman–Crippen LogP) is 3.32. The molecule has 0 bridgehead atoms. The summed E-state index contributed by atoms with van der Waals surface area (Å²) in [4.78, 5) is 4.37. The lowest BCUT2D eigenvalue weighted by molar-refractivity contribution is -0.681. The van der Waals surface area contributed by atoms with E-state index in [-0.39, 0.29) is 5.76 Å². The highest BCUT2D eigenvalue weighted by Crippen LogP contribution is 2.19. The minimum Gasteiger partial charge on any atom is -0.508 e. The summed E-state index contributed by atoms with van der Waals surface area (Å²) in [6, 6.07) is 0. The molecule has 0 fully saturated rings.